The molecule has 2 N–H and O–H groups in total. The Balaban J connectivity index is 1.89. The van der Waals surface area contributed by atoms with Crippen molar-refractivity contribution < 1.29 is 8.81 Å². The molecule has 1 heterocycles. The van der Waals surface area contributed by atoms with Gasteiger partial charge in [-0.2, -0.15) is 0 Å². The highest BCUT2D eigenvalue weighted by Crippen LogP contribution is 2.04. The van der Waals surface area contributed by atoms with E-state index in [0.29, 0.717) is 25.6 Å². The summed E-state index contributed by atoms with van der Waals surface area (Å²) in [6.07, 6.45) is 4.18. The highest BCUT2D eigenvalue weighted by Gasteiger charge is 2.00. The number of hydrogen-bond donors (Lipinski definition) is 2. The zero-order valence-electron chi connectivity index (χ0n) is 12.4. The summed E-state index contributed by atoms with van der Waals surface area (Å²) in [7, 11) is 0. The minimum atomic E-state index is -0.251. The first-order chi connectivity index (χ1) is 10.8. The number of nitrogens with one attached hydrogen (secondary N) is 2. The molecule has 0 aliphatic heterocycles. The second kappa shape index (κ2) is 8.67. The molecule has 2 rings (SSSR count). The van der Waals surface area contributed by atoms with Gasteiger partial charge >= 0.3 is 0 Å². The third kappa shape index (κ3) is 5.44. The lowest BCUT2D eigenvalue weighted by atomic mass is 10.2. The number of benzene rings is 1. The van der Waals surface area contributed by atoms with E-state index in [0.717, 1.165) is 17.7 Å². The molecule has 0 aliphatic rings. The highest BCUT2D eigenvalue weighted by molar-refractivity contribution is 5.79. The first-order valence-corrected chi connectivity index (χ1v) is 7.18. The van der Waals surface area contributed by atoms with Gasteiger partial charge in [-0.1, -0.05) is 18.2 Å². The third-order valence-corrected chi connectivity index (χ3v) is 2.97. The van der Waals surface area contributed by atoms with E-state index in [1.165, 1.54) is 12.1 Å². The van der Waals surface area contributed by atoms with Gasteiger partial charge in [0.05, 0.1) is 12.8 Å². The van der Waals surface area contributed by atoms with Crippen LogP contribution in [0.5, 0.6) is 0 Å². The van der Waals surface area contributed by atoms with E-state index in [9.17, 15) is 4.39 Å². The molecular weight excluding hydrogens is 281 g/mol. The molecular formula is C17H20FN3O. The molecule has 0 unspecified atom stereocenters. The summed E-state index contributed by atoms with van der Waals surface area (Å²) in [6.45, 7) is 5.38. The summed E-state index contributed by atoms with van der Waals surface area (Å²) in [5.74, 6) is 1.33. The molecule has 2 aromatic rings. The zero-order chi connectivity index (χ0) is 15.6. The fraction of sp³-hybridized carbons (Fsp3) is 0.235. The molecule has 22 heavy (non-hydrogen) atoms. The molecule has 0 radical (unpaired) electrons. The monoisotopic (exact) mass is 301 g/mol. The first-order valence-electron chi connectivity index (χ1n) is 7.18. The third-order valence-electron chi connectivity index (χ3n) is 2.97. The van der Waals surface area contributed by atoms with Gasteiger partial charge in [-0.3, -0.25) is 0 Å². The van der Waals surface area contributed by atoms with Crippen molar-refractivity contribution in [2.45, 2.75) is 13.0 Å². The summed E-state index contributed by atoms with van der Waals surface area (Å²) in [4.78, 5) is 4.44. The molecule has 0 fully saturated rings. The van der Waals surface area contributed by atoms with Crippen molar-refractivity contribution in [3.05, 3.63) is 72.5 Å². The van der Waals surface area contributed by atoms with Gasteiger partial charge in [-0.05, 0) is 29.8 Å². The number of halogens is 1. The molecule has 5 heteroatoms. The summed E-state index contributed by atoms with van der Waals surface area (Å²) in [6, 6.07) is 10.2. The SMILES string of the molecule is C=CCNC(=NCc1cccc(F)c1)NCCc1ccco1. The zero-order valence-corrected chi connectivity index (χ0v) is 12.4. The highest BCUT2D eigenvalue weighted by atomic mass is 19.1. The molecule has 0 aliphatic carbocycles. The Morgan fingerprint density at radius 2 is 2.18 bits per heavy atom. The van der Waals surface area contributed by atoms with Crippen LogP contribution in [0.3, 0.4) is 0 Å². The van der Waals surface area contributed by atoms with Gasteiger partial charge in [-0.15, -0.1) is 6.58 Å². The van der Waals surface area contributed by atoms with Gasteiger partial charge in [0, 0.05) is 19.5 Å². The molecule has 0 atom stereocenters. The second-order valence-electron chi connectivity index (χ2n) is 4.72. The minimum absolute atomic E-state index is 0.251. The number of guanidine groups is 1. The molecule has 0 saturated heterocycles. The van der Waals surface area contributed by atoms with Gasteiger partial charge in [0.15, 0.2) is 5.96 Å². The minimum Gasteiger partial charge on any atom is -0.469 e. The van der Waals surface area contributed by atoms with Crippen molar-refractivity contribution in [2.24, 2.45) is 4.99 Å². The number of nitrogens with zero attached hydrogens (tertiary/aromatic N) is 1. The predicted octanol–water partition coefficient (Wildman–Crippen LogP) is 2.88. The molecule has 0 bridgehead atoms. The lowest BCUT2D eigenvalue weighted by Gasteiger charge is -2.11. The van der Waals surface area contributed by atoms with Crippen LogP contribution in [0.15, 0.2) is 64.7 Å². The van der Waals surface area contributed by atoms with Gasteiger partial charge in [-0.25, -0.2) is 9.38 Å². The lowest BCUT2D eigenvalue weighted by molar-refractivity contribution is 0.507. The van der Waals surface area contributed by atoms with E-state index in [-0.39, 0.29) is 5.82 Å². The van der Waals surface area contributed by atoms with Gasteiger partial charge in [0.25, 0.3) is 0 Å². The Kier molecular flexibility index (Phi) is 6.23. The predicted molar refractivity (Wildman–Crippen MR) is 86.2 cm³/mol. The van der Waals surface area contributed by atoms with Crippen molar-refractivity contribution in [1.29, 1.82) is 0 Å². The topological polar surface area (TPSA) is 49.6 Å². The van der Waals surface area contributed by atoms with Crippen LogP contribution >= 0.6 is 0 Å². The van der Waals surface area contributed by atoms with E-state index in [2.05, 4.69) is 22.2 Å². The lowest BCUT2D eigenvalue weighted by Crippen LogP contribution is -2.38. The molecule has 4 nitrogen and oxygen atoms in total. The normalized spacial score (nSPS) is 11.2. The Hall–Kier alpha value is -2.56. The summed E-state index contributed by atoms with van der Waals surface area (Å²) < 4.78 is 18.4. The maximum absolute atomic E-state index is 13.2. The Morgan fingerprint density at radius 1 is 1.27 bits per heavy atom. The summed E-state index contributed by atoms with van der Waals surface area (Å²) in [5.41, 5.74) is 0.825. The van der Waals surface area contributed by atoms with Crippen LogP contribution in [-0.2, 0) is 13.0 Å². The van der Waals surface area contributed by atoms with Gasteiger partial charge in [0.2, 0.25) is 0 Å². The standard InChI is InChI=1S/C17H20FN3O/c1-2-9-19-17(20-10-8-16-7-4-11-22-16)21-13-14-5-3-6-15(18)12-14/h2-7,11-12H,1,8-10,13H2,(H2,19,20,21). The first kappa shape index (κ1) is 15.8. The molecule has 0 spiro atoms. The fourth-order valence-corrected chi connectivity index (χ4v) is 1.91. The number of furan rings is 1. The Bertz CT molecular complexity index is 608. The van der Waals surface area contributed by atoms with Crippen LogP contribution in [0.25, 0.3) is 0 Å². The maximum Gasteiger partial charge on any atom is 0.191 e. The smallest absolute Gasteiger partial charge is 0.191 e. The van der Waals surface area contributed by atoms with Crippen LogP contribution in [-0.4, -0.2) is 19.0 Å². The van der Waals surface area contributed by atoms with E-state index >= 15 is 0 Å². The number of aliphatic imine (C=N–C) groups is 1. The Labute approximate surface area is 129 Å². The maximum atomic E-state index is 13.2. The van der Waals surface area contributed by atoms with Crippen molar-refractivity contribution in [1.82, 2.24) is 10.6 Å². The average molecular weight is 301 g/mol. The van der Waals surface area contributed by atoms with E-state index in [1.54, 1.807) is 18.4 Å². The summed E-state index contributed by atoms with van der Waals surface area (Å²) in [5, 5.41) is 6.35. The fourth-order valence-electron chi connectivity index (χ4n) is 1.91. The number of hydrogen-bond acceptors (Lipinski definition) is 2. The van der Waals surface area contributed by atoms with Crippen LogP contribution in [0.1, 0.15) is 11.3 Å². The average Bonchev–Trinajstić information content (AvgIpc) is 3.03. The summed E-state index contributed by atoms with van der Waals surface area (Å²) >= 11 is 0. The van der Waals surface area contributed by atoms with Crippen molar-refractivity contribution in [3.8, 4) is 0 Å². The molecule has 116 valence electrons. The van der Waals surface area contributed by atoms with Crippen LogP contribution in [0.2, 0.25) is 0 Å². The molecule has 0 saturated carbocycles. The van der Waals surface area contributed by atoms with Crippen LogP contribution in [0.4, 0.5) is 4.39 Å². The number of rotatable bonds is 7. The van der Waals surface area contributed by atoms with E-state index in [1.807, 2.05) is 18.2 Å². The molecule has 1 aromatic heterocycles. The quantitative estimate of drug-likeness (QED) is 0.470. The Morgan fingerprint density at radius 3 is 2.91 bits per heavy atom. The van der Waals surface area contributed by atoms with Gasteiger partial charge in [0.1, 0.15) is 11.6 Å². The molecule has 0 amide bonds. The van der Waals surface area contributed by atoms with Crippen LogP contribution < -0.4 is 10.6 Å². The molecule has 1 aromatic carbocycles. The van der Waals surface area contributed by atoms with Crippen molar-refractivity contribution in [2.75, 3.05) is 13.1 Å². The van der Waals surface area contributed by atoms with E-state index < -0.39 is 0 Å². The second-order valence-corrected chi connectivity index (χ2v) is 4.72. The van der Waals surface area contributed by atoms with Crippen molar-refractivity contribution in [3.63, 3.8) is 0 Å². The van der Waals surface area contributed by atoms with E-state index in [4.69, 9.17) is 4.42 Å². The largest absolute Gasteiger partial charge is 0.469 e. The van der Waals surface area contributed by atoms with Gasteiger partial charge < -0.3 is 15.1 Å². The van der Waals surface area contributed by atoms with Crippen LogP contribution in [0, 0.1) is 5.82 Å². The van der Waals surface area contributed by atoms with Crippen molar-refractivity contribution >= 4 is 5.96 Å².